The van der Waals surface area contributed by atoms with Gasteiger partial charge in [0.05, 0.1) is 18.9 Å². The summed E-state index contributed by atoms with van der Waals surface area (Å²) in [6, 6.07) is 10.8. The zero-order chi connectivity index (χ0) is 17.6. The molecule has 0 fully saturated rings. The molecule has 1 aromatic heterocycles. The Bertz CT molecular complexity index is 670. The highest BCUT2D eigenvalue weighted by Gasteiger charge is 2.26. The molecule has 0 saturated heterocycles. The summed E-state index contributed by atoms with van der Waals surface area (Å²) in [7, 11) is 0. The maximum Gasteiger partial charge on any atom is 0.244 e. The Morgan fingerprint density at radius 2 is 2.04 bits per heavy atom. The van der Waals surface area contributed by atoms with Crippen molar-refractivity contribution in [2.24, 2.45) is 0 Å². The first kappa shape index (κ1) is 17.8. The molecule has 1 atom stereocenters. The van der Waals surface area contributed by atoms with E-state index in [0.717, 1.165) is 11.3 Å². The molecular formula is C19H23NO4. The van der Waals surface area contributed by atoms with Gasteiger partial charge >= 0.3 is 0 Å². The molecule has 128 valence electrons. The van der Waals surface area contributed by atoms with E-state index in [1.54, 1.807) is 25.1 Å². The first-order valence-corrected chi connectivity index (χ1v) is 7.86. The smallest absolute Gasteiger partial charge is 0.244 e. The number of benzene rings is 1. The van der Waals surface area contributed by atoms with Crippen molar-refractivity contribution in [3.05, 3.63) is 60.1 Å². The van der Waals surface area contributed by atoms with Gasteiger partial charge in [0.2, 0.25) is 5.91 Å². The first-order valence-electron chi connectivity index (χ1n) is 7.86. The van der Waals surface area contributed by atoms with Gasteiger partial charge in [0.25, 0.3) is 0 Å². The summed E-state index contributed by atoms with van der Waals surface area (Å²) in [4.78, 5) is 11.9. The molecule has 0 radical (unpaired) electrons. The number of nitrogens with one attached hydrogen (secondary N) is 1. The first-order chi connectivity index (χ1) is 11.4. The van der Waals surface area contributed by atoms with Gasteiger partial charge in [0, 0.05) is 6.08 Å². The topological polar surface area (TPSA) is 71.7 Å². The number of aliphatic hydroxyl groups is 1. The Labute approximate surface area is 141 Å². The molecule has 0 aliphatic heterocycles. The van der Waals surface area contributed by atoms with E-state index in [-0.39, 0.29) is 18.6 Å². The molecule has 5 nitrogen and oxygen atoms in total. The lowest BCUT2D eigenvalue weighted by Crippen LogP contribution is -2.37. The van der Waals surface area contributed by atoms with Crippen LogP contribution in [0.2, 0.25) is 0 Å². The third-order valence-electron chi connectivity index (χ3n) is 3.34. The second kappa shape index (κ2) is 7.84. The standard InChI is InChI=1S/C19H23NO4/c1-14(2)24-16-9-6-15(7-10-16)8-11-18(21)20-13-19(3,22)17-5-4-12-23-17/h4-12,14,22H,13H2,1-3H3,(H,20,21)/b11-8+. The van der Waals surface area contributed by atoms with Crippen molar-refractivity contribution in [1.29, 1.82) is 0 Å². The average molecular weight is 329 g/mol. The van der Waals surface area contributed by atoms with Crippen LogP contribution >= 0.6 is 0 Å². The van der Waals surface area contributed by atoms with Crippen molar-refractivity contribution >= 4 is 12.0 Å². The molecule has 24 heavy (non-hydrogen) atoms. The second-order valence-electron chi connectivity index (χ2n) is 6.04. The van der Waals surface area contributed by atoms with Crippen LogP contribution in [0.15, 0.2) is 53.2 Å². The van der Waals surface area contributed by atoms with Crippen molar-refractivity contribution in [3.63, 3.8) is 0 Å². The molecule has 1 amide bonds. The maximum atomic E-state index is 11.9. The average Bonchev–Trinajstić information content (AvgIpc) is 3.07. The minimum absolute atomic E-state index is 0.0604. The van der Waals surface area contributed by atoms with Crippen molar-refractivity contribution in [2.75, 3.05) is 6.54 Å². The van der Waals surface area contributed by atoms with Gasteiger partial charge < -0.3 is 19.6 Å². The van der Waals surface area contributed by atoms with Crippen molar-refractivity contribution < 1.29 is 19.1 Å². The van der Waals surface area contributed by atoms with Crippen molar-refractivity contribution in [2.45, 2.75) is 32.5 Å². The number of hydrogen-bond donors (Lipinski definition) is 2. The fourth-order valence-electron chi connectivity index (χ4n) is 2.09. The minimum Gasteiger partial charge on any atom is -0.491 e. The molecule has 2 N–H and O–H groups in total. The summed E-state index contributed by atoms with van der Waals surface area (Å²) in [5.41, 5.74) is -0.359. The van der Waals surface area contributed by atoms with E-state index in [1.165, 1.54) is 12.3 Å². The van der Waals surface area contributed by atoms with E-state index in [2.05, 4.69) is 5.32 Å². The lowest BCUT2D eigenvalue weighted by atomic mass is 10.0. The highest BCUT2D eigenvalue weighted by atomic mass is 16.5. The van der Waals surface area contributed by atoms with Gasteiger partial charge in [-0.3, -0.25) is 4.79 Å². The summed E-state index contributed by atoms with van der Waals surface area (Å²) in [5.74, 6) is 0.915. The SMILES string of the molecule is CC(C)Oc1ccc(/C=C/C(=O)NCC(C)(O)c2ccco2)cc1. The van der Waals surface area contributed by atoms with E-state index >= 15 is 0 Å². The Morgan fingerprint density at radius 1 is 1.33 bits per heavy atom. The fraction of sp³-hybridized carbons (Fsp3) is 0.316. The van der Waals surface area contributed by atoms with Gasteiger partial charge in [-0.2, -0.15) is 0 Å². The number of hydrogen-bond acceptors (Lipinski definition) is 4. The molecule has 1 heterocycles. The lowest BCUT2D eigenvalue weighted by Gasteiger charge is -2.20. The quantitative estimate of drug-likeness (QED) is 0.766. The molecule has 2 rings (SSSR count). The van der Waals surface area contributed by atoms with Crippen LogP contribution in [0, 0.1) is 0 Å². The number of furan rings is 1. The van der Waals surface area contributed by atoms with Gasteiger partial charge in [-0.15, -0.1) is 0 Å². The van der Waals surface area contributed by atoms with Crippen LogP contribution in [-0.4, -0.2) is 23.7 Å². The molecular weight excluding hydrogens is 306 g/mol. The number of ether oxygens (including phenoxy) is 1. The predicted octanol–water partition coefficient (Wildman–Crippen LogP) is 3.10. The Morgan fingerprint density at radius 3 is 2.62 bits per heavy atom. The van der Waals surface area contributed by atoms with Crippen LogP contribution in [0.3, 0.4) is 0 Å². The molecule has 2 aromatic rings. The summed E-state index contributed by atoms with van der Waals surface area (Å²) in [5, 5.41) is 12.9. The third-order valence-corrected chi connectivity index (χ3v) is 3.34. The highest BCUT2D eigenvalue weighted by Crippen LogP contribution is 2.19. The van der Waals surface area contributed by atoms with Gasteiger partial charge in [-0.1, -0.05) is 12.1 Å². The predicted molar refractivity (Wildman–Crippen MR) is 92.5 cm³/mol. The van der Waals surface area contributed by atoms with Crippen molar-refractivity contribution in [3.8, 4) is 5.75 Å². The summed E-state index contributed by atoms with van der Waals surface area (Å²) >= 11 is 0. The second-order valence-corrected chi connectivity index (χ2v) is 6.04. The molecule has 0 spiro atoms. The normalized spacial score (nSPS) is 13.9. The van der Waals surface area contributed by atoms with Crippen molar-refractivity contribution in [1.82, 2.24) is 5.32 Å². The molecule has 5 heteroatoms. The van der Waals surface area contributed by atoms with E-state index in [4.69, 9.17) is 9.15 Å². The molecule has 0 saturated carbocycles. The fourth-order valence-corrected chi connectivity index (χ4v) is 2.09. The largest absolute Gasteiger partial charge is 0.491 e. The molecule has 1 aromatic carbocycles. The van der Waals surface area contributed by atoms with E-state index in [9.17, 15) is 9.90 Å². The zero-order valence-electron chi connectivity index (χ0n) is 14.2. The number of carbonyl (C=O) groups excluding carboxylic acids is 1. The van der Waals surface area contributed by atoms with Gasteiger partial charge in [-0.25, -0.2) is 0 Å². The van der Waals surface area contributed by atoms with E-state index < -0.39 is 5.60 Å². The van der Waals surface area contributed by atoms with E-state index in [0.29, 0.717) is 5.76 Å². The third kappa shape index (κ3) is 5.28. The van der Waals surface area contributed by atoms with Crippen LogP contribution < -0.4 is 10.1 Å². The minimum atomic E-state index is -1.25. The maximum absolute atomic E-state index is 11.9. The van der Waals surface area contributed by atoms with Crippen LogP contribution in [0.1, 0.15) is 32.1 Å². The molecule has 1 unspecified atom stereocenters. The number of rotatable bonds is 7. The molecule has 0 bridgehead atoms. The summed E-state index contributed by atoms with van der Waals surface area (Å²) < 4.78 is 10.7. The van der Waals surface area contributed by atoms with Gasteiger partial charge in [0.1, 0.15) is 17.1 Å². The van der Waals surface area contributed by atoms with E-state index in [1.807, 2.05) is 38.1 Å². The van der Waals surface area contributed by atoms with Gasteiger partial charge in [0.15, 0.2) is 0 Å². The van der Waals surface area contributed by atoms with Gasteiger partial charge in [-0.05, 0) is 56.7 Å². The number of carbonyl (C=O) groups is 1. The Balaban J connectivity index is 1.86. The summed E-state index contributed by atoms with van der Waals surface area (Å²) in [6.07, 6.45) is 4.74. The molecule has 0 aliphatic rings. The van der Waals surface area contributed by atoms with Crippen LogP contribution in [-0.2, 0) is 10.4 Å². The zero-order valence-corrected chi connectivity index (χ0v) is 14.2. The number of amides is 1. The Kier molecular flexibility index (Phi) is 5.82. The Hall–Kier alpha value is -2.53. The summed E-state index contributed by atoms with van der Waals surface area (Å²) in [6.45, 7) is 5.58. The lowest BCUT2D eigenvalue weighted by molar-refractivity contribution is -0.117. The monoisotopic (exact) mass is 329 g/mol. The van der Waals surface area contributed by atoms with Crippen LogP contribution in [0.25, 0.3) is 6.08 Å². The van der Waals surface area contributed by atoms with Crippen LogP contribution in [0.4, 0.5) is 0 Å². The van der Waals surface area contributed by atoms with Crippen LogP contribution in [0.5, 0.6) is 5.75 Å². The highest BCUT2D eigenvalue weighted by molar-refractivity contribution is 5.91. The molecule has 0 aliphatic carbocycles.